The Balaban J connectivity index is 1.88. The number of halogens is 1. The third kappa shape index (κ3) is 3.64. The lowest BCUT2D eigenvalue weighted by Crippen LogP contribution is -2.30. The van der Waals surface area contributed by atoms with E-state index in [9.17, 15) is 4.79 Å². The van der Waals surface area contributed by atoms with Gasteiger partial charge in [-0.3, -0.25) is 0 Å². The van der Waals surface area contributed by atoms with E-state index in [-0.39, 0.29) is 6.03 Å². The van der Waals surface area contributed by atoms with E-state index in [1.54, 1.807) is 0 Å². The van der Waals surface area contributed by atoms with Crippen molar-refractivity contribution < 1.29 is 4.79 Å². The second kappa shape index (κ2) is 6.64. The molecule has 18 heavy (non-hydrogen) atoms. The molecule has 0 atom stereocenters. The number of hydrogen-bond acceptors (Lipinski definition) is 1. The van der Waals surface area contributed by atoms with E-state index in [1.165, 1.54) is 31.2 Å². The lowest BCUT2D eigenvalue weighted by atomic mass is 9.98. The van der Waals surface area contributed by atoms with Crippen LogP contribution in [-0.2, 0) is 0 Å². The summed E-state index contributed by atoms with van der Waals surface area (Å²) in [6.45, 7) is 0.480. The van der Waals surface area contributed by atoms with Crippen molar-refractivity contribution in [2.45, 2.75) is 31.6 Å². The van der Waals surface area contributed by atoms with Gasteiger partial charge < -0.3 is 10.6 Å². The van der Waals surface area contributed by atoms with Crippen molar-refractivity contribution in [3.05, 3.63) is 29.8 Å². The second-order valence-electron chi connectivity index (χ2n) is 4.67. The van der Waals surface area contributed by atoms with E-state index >= 15 is 0 Å². The van der Waals surface area contributed by atoms with Crippen molar-refractivity contribution in [2.24, 2.45) is 0 Å². The molecule has 1 aliphatic rings. The Labute approximate surface area is 113 Å². The molecule has 2 amide bonds. The molecule has 98 valence electrons. The van der Waals surface area contributed by atoms with E-state index in [2.05, 4.69) is 22.8 Å². The molecular weight excluding hydrogens is 248 g/mol. The zero-order valence-electron chi connectivity index (χ0n) is 10.4. The van der Waals surface area contributed by atoms with Gasteiger partial charge in [-0.1, -0.05) is 25.0 Å². The quantitative estimate of drug-likeness (QED) is 0.802. The molecule has 0 heterocycles. The predicted molar refractivity (Wildman–Crippen MR) is 75.4 cm³/mol. The molecule has 2 N–H and O–H groups in total. The van der Waals surface area contributed by atoms with Crippen LogP contribution in [0.1, 0.15) is 37.2 Å². The Hall–Kier alpha value is -1.22. The average Bonchev–Trinajstić information content (AvgIpc) is 2.91. The fourth-order valence-electron chi connectivity index (χ4n) is 2.43. The number of alkyl halides is 1. The minimum absolute atomic E-state index is 0.204. The Bertz CT molecular complexity index is 385. The van der Waals surface area contributed by atoms with Gasteiger partial charge in [0.25, 0.3) is 0 Å². The summed E-state index contributed by atoms with van der Waals surface area (Å²) in [5.41, 5.74) is 2.21. The first-order chi connectivity index (χ1) is 8.79. The number of hydrogen-bond donors (Lipinski definition) is 2. The molecule has 0 aromatic heterocycles. The van der Waals surface area contributed by atoms with E-state index in [0.29, 0.717) is 18.3 Å². The number of nitrogens with one attached hydrogen (secondary N) is 2. The normalized spacial score (nSPS) is 15.6. The molecule has 0 aliphatic heterocycles. The van der Waals surface area contributed by atoms with Crippen LogP contribution < -0.4 is 10.6 Å². The first-order valence-electron chi connectivity index (χ1n) is 6.50. The Kier molecular flexibility index (Phi) is 4.88. The summed E-state index contributed by atoms with van der Waals surface area (Å²) in [7, 11) is 0. The van der Waals surface area contributed by atoms with Crippen LogP contribution in [0.5, 0.6) is 0 Å². The van der Waals surface area contributed by atoms with E-state index < -0.39 is 0 Å². The maximum atomic E-state index is 11.4. The summed E-state index contributed by atoms with van der Waals surface area (Å²) in [5, 5.41) is 5.45. The van der Waals surface area contributed by atoms with Crippen molar-refractivity contribution in [1.29, 1.82) is 0 Å². The summed E-state index contributed by atoms with van der Waals surface area (Å²) in [4.78, 5) is 11.4. The third-order valence-corrected chi connectivity index (χ3v) is 3.56. The number of rotatable bonds is 4. The van der Waals surface area contributed by atoms with Crippen LogP contribution in [0.3, 0.4) is 0 Å². The van der Waals surface area contributed by atoms with Crippen LogP contribution in [0.15, 0.2) is 24.3 Å². The van der Waals surface area contributed by atoms with Gasteiger partial charge in [0.2, 0.25) is 0 Å². The van der Waals surface area contributed by atoms with Crippen LogP contribution in [0.25, 0.3) is 0 Å². The first-order valence-corrected chi connectivity index (χ1v) is 7.04. The average molecular weight is 267 g/mol. The topological polar surface area (TPSA) is 41.1 Å². The van der Waals surface area contributed by atoms with Crippen LogP contribution in [-0.4, -0.2) is 18.5 Å². The van der Waals surface area contributed by atoms with Crippen LogP contribution in [0.4, 0.5) is 10.5 Å². The minimum atomic E-state index is -0.204. The van der Waals surface area contributed by atoms with E-state index in [1.807, 2.05) is 12.1 Å². The van der Waals surface area contributed by atoms with Crippen molar-refractivity contribution in [2.75, 3.05) is 17.7 Å². The molecule has 1 aliphatic carbocycles. The molecular formula is C14H19ClN2O. The van der Waals surface area contributed by atoms with Crippen molar-refractivity contribution in [3.8, 4) is 0 Å². The fourth-order valence-corrected chi connectivity index (χ4v) is 2.53. The van der Waals surface area contributed by atoms with Gasteiger partial charge in [0.1, 0.15) is 0 Å². The highest BCUT2D eigenvalue weighted by molar-refractivity contribution is 6.18. The number of benzene rings is 1. The molecule has 1 aromatic rings. The molecule has 1 saturated carbocycles. The summed E-state index contributed by atoms with van der Waals surface area (Å²) < 4.78 is 0. The molecule has 3 nitrogen and oxygen atoms in total. The zero-order chi connectivity index (χ0) is 12.8. The molecule has 0 spiro atoms. The number of amides is 2. The summed E-state index contributed by atoms with van der Waals surface area (Å²) in [6.07, 6.45) is 5.27. The minimum Gasteiger partial charge on any atom is -0.337 e. The van der Waals surface area contributed by atoms with Gasteiger partial charge in [0.15, 0.2) is 0 Å². The number of urea groups is 1. The van der Waals surface area contributed by atoms with Gasteiger partial charge in [0.05, 0.1) is 0 Å². The molecule has 0 unspecified atom stereocenters. The highest BCUT2D eigenvalue weighted by Crippen LogP contribution is 2.34. The second-order valence-corrected chi connectivity index (χ2v) is 5.05. The molecule has 0 bridgehead atoms. The Morgan fingerprint density at radius 1 is 1.22 bits per heavy atom. The molecule has 0 saturated heterocycles. The van der Waals surface area contributed by atoms with Crippen molar-refractivity contribution in [3.63, 3.8) is 0 Å². The number of carbonyl (C=O) groups excluding carboxylic acids is 1. The first kappa shape index (κ1) is 13.2. The van der Waals surface area contributed by atoms with Gasteiger partial charge in [-0.2, -0.15) is 0 Å². The Morgan fingerprint density at radius 2 is 1.89 bits per heavy atom. The van der Waals surface area contributed by atoms with Gasteiger partial charge in [-0.15, -0.1) is 11.6 Å². The van der Waals surface area contributed by atoms with Crippen molar-refractivity contribution >= 4 is 23.3 Å². The summed E-state index contributed by atoms with van der Waals surface area (Å²) in [5.74, 6) is 1.14. The SMILES string of the molecule is O=C(NCCCl)Nc1ccc(C2CCCC2)cc1. The maximum Gasteiger partial charge on any atom is 0.319 e. The molecule has 4 heteroatoms. The standard InChI is InChI=1S/C14H19ClN2O/c15-9-10-16-14(18)17-13-7-5-12(6-8-13)11-3-1-2-4-11/h5-8,11H,1-4,9-10H2,(H2,16,17,18). The molecule has 2 rings (SSSR count). The summed E-state index contributed by atoms with van der Waals surface area (Å²) >= 11 is 5.50. The molecule has 0 radical (unpaired) electrons. The van der Waals surface area contributed by atoms with Crippen LogP contribution in [0, 0.1) is 0 Å². The smallest absolute Gasteiger partial charge is 0.319 e. The monoisotopic (exact) mass is 266 g/mol. The van der Waals surface area contributed by atoms with Gasteiger partial charge in [0, 0.05) is 18.1 Å². The molecule has 1 aromatic carbocycles. The van der Waals surface area contributed by atoms with Crippen LogP contribution in [0.2, 0.25) is 0 Å². The van der Waals surface area contributed by atoms with Crippen LogP contribution >= 0.6 is 11.6 Å². The predicted octanol–water partition coefficient (Wildman–Crippen LogP) is 3.70. The van der Waals surface area contributed by atoms with Gasteiger partial charge in [-0.05, 0) is 36.5 Å². The summed E-state index contributed by atoms with van der Waals surface area (Å²) in [6, 6.07) is 7.96. The lowest BCUT2D eigenvalue weighted by molar-refractivity contribution is 0.252. The van der Waals surface area contributed by atoms with Gasteiger partial charge >= 0.3 is 6.03 Å². The maximum absolute atomic E-state index is 11.4. The Morgan fingerprint density at radius 3 is 2.50 bits per heavy atom. The molecule has 1 fully saturated rings. The van der Waals surface area contributed by atoms with E-state index in [0.717, 1.165) is 5.69 Å². The van der Waals surface area contributed by atoms with Gasteiger partial charge in [-0.25, -0.2) is 4.79 Å². The lowest BCUT2D eigenvalue weighted by Gasteiger charge is -2.11. The largest absolute Gasteiger partial charge is 0.337 e. The highest BCUT2D eigenvalue weighted by atomic mass is 35.5. The van der Waals surface area contributed by atoms with E-state index in [4.69, 9.17) is 11.6 Å². The van der Waals surface area contributed by atoms with Crippen molar-refractivity contribution in [1.82, 2.24) is 5.32 Å². The fraction of sp³-hybridized carbons (Fsp3) is 0.500. The highest BCUT2D eigenvalue weighted by Gasteiger charge is 2.16. The third-order valence-electron chi connectivity index (χ3n) is 3.38. The number of anilines is 1. The zero-order valence-corrected chi connectivity index (χ0v) is 11.2. The number of carbonyl (C=O) groups is 1.